The molecule has 23 heavy (non-hydrogen) atoms. The van der Waals surface area contributed by atoms with Crippen LogP contribution >= 0.6 is 36.2 Å². The number of hydrogen-bond acceptors (Lipinski definition) is 5. The first kappa shape index (κ1) is 21.6. The van der Waals surface area contributed by atoms with E-state index in [2.05, 4.69) is 15.3 Å². The van der Waals surface area contributed by atoms with Crippen LogP contribution in [0, 0.1) is 0 Å². The minimum absolute atomic E-state index is 0. The maximum Gasteiger partial charge on any atom is 0.208 e. The molecule has 1 atom stereocenters. The van der Waals surface area contributed by atoms with Crippen molar-refractivity contribution < 1.29 is 4.79 Å². The summed E-state index contributed by atoms with van der Waals surface area (Å²) >= 11 is 1.39. The van der Waals surface area contributed by atoms with Gasteiger partial charge in [-0.25, -0.2) is 4.98 Å². The number of rotatable bonds is 6. The van der Waals surface area contributed by atoms with Crippen LogP contribution in [0.5, 0.6) is 0 Å². The number of para-hydroxylation sites is 1. The average molecular weight is 378 g/mol. The Morgan fingerprint density at radius 1 is 1.39 bits per heavy atom. The molecule has 0 aliphatic rings. The molecule has 1 aromatic carbocycles. The van der Waals surface area contributed by atoms with Crippen molar-refractivity contribution in [1.82, 2.24) is 10.3 Å². The Kier molecular flexibility index (Phi) is 9.74. The summed E-state index contributed by atoms with van der Waals surface area (Å²) < 4.78 is 1.00. The van der Waals surface area contributed by atoms with E-state index >= 15 is 0 Å². The summed E-state index contributed by atoms with van der Waals surface area (Å²) in [5, 5.41) is 3.41. The zero-order chi connectivity index (χ0) is 15.2. The number of nitrogens with two attached hydrogens (primary N) is 2. The Labute approximate surface area is 151 Å². The van der Waals surface area contributed by atoms with E-state index in [0.29, 0.717) is 23.9 Å². The van der Waals surface area contributed by atoms with Crippen LogP contribution in [0.25, 0.3) is 10.2 Å². The van der Waals surface area contributed by atoms with Crippen LogP contribution in [0.1, 0.15) is 22.6 Å². The van der Waals surface area contributed by atoms with Crippen LogP contribution in [-0.4, -0.2) is 36.4 Å². The normalized spacial score (nSPS) is 12.2. The first-order chi connectivity index (χ1) is 10.1. The van der Waals surface area contributed by atoms with Gasteiger partial charge in [0.25, 0.3) is 0 Å². The molecule has 0 aliphatic heterocycles. The van der Waals surface area contributed by atoms with Gasteiger partial charge in [-0.1, -0.05) is 12.1 Å². The fourth-order valence-electron chi connectivity index (χ4n) is 1.88. The third-order valence-corrected chi connectivity index (χ3v) is 4.13. The molecule has 0 amide bonds. The summed E-state index contributed by atoms with van der Waals surface area (Å²) in [6.07, 6.45) is 1.33. The molecular formula is C14H21Cl2N5OS. The minimum atomic E-state index is -0.535. The van der Waals surface area contributed by atoms with Gasteiger partial charge in [0.05, 0.1) is 16.3 Å². The van der Waals surface area contributed by atoms with Crippen LogP contribution < -0.4 is 16.8 Å². The predicted octanol–water partition coefficient (Wildman–Crippen LogP) is 1.96. The van der Waals surface area contributed by atoms with Crippen molar-refractivity contribution in [2.24, 2.45) is 16.5 Å². The summed E-state index contributed by atoms with van der Waals surface area (Å²) in [6, 6.07) is 7.14. The molecule has 2 rings (SSSR count). The van der Waals surface area contributed by atoms with Crippen molar-refractivity contribution in [3.05, 3.63) is 29.3 Å². The average Bonchev–Trinajstić information content (AvgIpc) is 2.94. The molecule has 0 spiro atoms. The van der Waals surface area contributed by atoms with Gasteiger partial charge in [-0.15, -0.1) is 36.2 Å². The molecule has 1 aromatic heterocycles. The van der Waals surface area contributed by atoms with E-state index < -0.39 is 6.04 Å². The maximum atomic E-state index is 12.3. The number of thiazole rings is 1. The van der Waals surface area contributed by atoms with Gasteiger partial charge in [0.1, 0.15) is 0 Å². The molecule has 0 aliphatic carbocycles. The number of guanidine groups is 1. The zero-order valence-corrected chi connectivity index (χ0v) is 15.1. The minimum Gasteiger partial charge on any atom is -0.370 e. The van der Waals surface area contributed by atoms with E-state index in [1.165, 1.54) is 11.3 Å². The highest BCUT2D eigenvalue weighted by atomic mass is 35.5. The predicted molar refractivity (Wildman–Crippen MR) is 101 cm³/mol. The van der Waals surface area contributed by atoms with Crippen LogP contribution in [0.3, 0.4) is 0 Å². The third-order valence-electron chi connectivity index (χ3n) is 3.08. The lowest BCUT2D eigenvalue weighted by molar-refractivity contribution is 0.0956. The fraction of sp³-hybridized carbons (Fsp3) is 0.357. The molecule has 1 heterocycles. The lowest BCUT2D eigenvalue weighted by atomic mass is 10.1. The monoisotopic (exact) mass is 377 g/mol. The number of hydrogen-bond donors (Lipinski definition) is 3. The Morgan fingerprint density at radius 2 is 2.09 bits per heavy atom. The van der Waals surface area contributed by atoms with Crippen molar-refractivity contribution in [3.8, 4) is 0 Å². The number of carbonyl (C=O) groups is 1. The number of aromatic nitrogens is 1. The quantitative estimate of drug-likeness (QED) is 0.308. The lowest BCUT2D eigenvalue weighted by Crippen LogP contribution is -2.34. The van der Waals surface area contributed by atoms with Crippen LogP contribution in [0.2, 0.25) is 0 Å². The van der Waals surface area contributed by atoms with Crippen LogP contribution in [-0.2, 0) is 0 Å². The number of Topliss-reactive ketones (excluding diaryl/α,β-unsaturated/α-hetero) is 1. The molecule has 2 aromatic rings. The largest absolute Gasteiger partial charge is 0.370 e. The third kappa shape index (κ3) is 5.95. The van der Waals surface area contributed by atoms with E-state index in [1.807, 2.05) is 24.3 Å². The lowest BCUT2D eigenvalue weighted by Gasteiger charge is -2.09. The van der Waals surface area contributed by atoms with Gasteiger partial charge >= 0.3 is 0 Å². The maximum absolute atomic E-state index is 12.3. The van der Waals surface area contributed by atoms with E-state index in [-0.39, 0.29) is 30.6 Å². The SMILES string of the molecule is CN=C(N)NCCCC(N)C(=O)c1nc2ccccc2s1.Cl.Cl. The molecule has 0 fully saturated rings. The highest BCUT2D eigenvalue weighted by molar-refractivity contribution is 7.20. The van der Waals surface area contributed by atoms with Crippen LogP contribution in [0.4, 0.5) is 0 Å². The number of aliphatic imine (C=N–C) groups is 1. The summed E-state index contributed by atoms with van der Waals surface area (Å²) in [4.78, 5) is 20.4. The summed E-state index contributed by atoms with van der Waals surface area (Å²) in [6.45, 7) is 0.643. The molecule has 0 radical (unpaired) electrons. The van der Waals surface area contributed by atoms with Gasteiger partial charge < -0.3 is 16.8 Å². The zero-order valence-electron chi connectivity index (χ0n) is 12.7. The summed E-state index contributed by atoms with van der Waals surface area (Å²) in [5.74, 6) is 0.286. The van der Waals surface area contributed by atoms with E-state index in [9.17, 15) is 4.79 Å². The van der Waals surface area contributed by atoms with Gasteiger partial charge in [0.2, 0.25) is 5.78 Å². The number of nitrogens with zero attached hydrogens (tertiary/aromatic N) is 2. The number of halogens is 2. The smallest absolute Gasteiger partial charge is 0.208 e. The topological polar surface area (TPSA) is 106 Å². The second-order valence-corrected chi connectivity index (χ2v) is 5.67. The van der Waals surface area contributed by atoms with E-state index in [4.69, 9.17) is 11.5 Å². The molecule has 128 valence electrons. The molecule has 0 saturated heterocycles. The van der Waals surface area contributed by atoms with Crippen molar-refractivity contribution in [1.29, 1.82) is 0 Å². The second kappa shape index (κ2) is 10.4. The number of nitrogens with one attached hydrogen (secondary N) is 1. The Balaban J connectivity index is 0.00000242. The molecule has 6 nitrogen and oxygen atoms in total. The summed E-state index contributed by atoms with van der Waals surface area (Å²) in [7, 11) is 1.62. The van der Waals surface area contributed by atoms with Gasteiger partial charge in [0, 0.05) is 13.6 Å². The fourth-order valence-corrected chi connectivity index (χ4v) is 2.85. The molecule has 1 unspecified atom stereocenters. The van der Waals surface area contributed by atoms with Gasteiger partial charge in [-0.05, 0) is 25.0 Å². The first-order valence-electron chi connectivity index (χ1n) is 6.73. The van der Waals surface area contributed by atoms with Crippen molar-refractivity contribution in [2.45, 2.75) is 18.9 Å². The highest BCUT2D eigenvalue weighted by Gasteiger charge is 2.19. The van der Waals surface area contributed by atoms with Crippen LogP contribution in [0.15, 0.2) is 29.3 Å². The Hall–Kier alpha value is -1.41. The molecule has 0 bridgehead atoms. The van der Waals surface area contributed by atoms with Gasteiger partial charge in [-0.3, -0.25) is 9.79 Å². The molecule has 5 N–H and O–H groups in total. The van der Waals surface area contributed by atoms with E-state index in [0.717, 1.165) is 16.6 Å². The Morgan fingerprint density at radius 3 is 2.74 bits per heavy atom. The van der Waals surface area contributed by atoms with Crippen molar-refractivity contribution in [2.75, 3.05) is 13.6 Å². The molecular weight excluding hydrogens is 357 g/mol. The Bertz CT molecular complexity index is 628. The second-order valence-electron chi connectivity index (χ2n) is 4.64. The number of benzene rings is 1. The highest BCUT2D eigenvalue weighted by Crippen LogP contribution is 2.22. The van der Waals surface area contributed by atoms with Gasteiger partial charge in [-0.2, -0.15) is 0 Å². The van der Waals surface area contributed by atoms with Crippen molar-refractivity contribution in [3.63, 3.8) is 0 Å². The number of fused-ring (bicyclic) bond motifs is 1. The number of ketones is 1. The molecule has 9 heteroatoms. The van der Waals surface area contributed by atoms with Gasteiger partial charge in [0.15, 0.2) is 11.0 Å². The van der Waals surface area contributed by atoms with Crippen molar-refractivity contribution >= 4 is 58.1 Å². The molecule has 0 saturated carbocycles. The number of carbonyl (C=O) groups excluding carboxylic acids is 1. The van der Waals surface area contributed by atoms with E-state index in [1.54, 1.807) is 7.05 Å². The standard InChI is InChI=1S/C14H19N5OS.2ClH/c1-17-14(16)18-8-4-5-9(15)12(20)13-19-10-6-2-3-7-11(10)21-13;;/h2-3,6-7,9H,4-5,8,15H2,1H3,(H3,16,17,18);2*1H. The first-order valence-corrected chi connectivity index (χ1v) is 7.55. The summed E-state index contributed by atoms with van der Waals surface area (Å²) in [5.41, 5.74) is 12.3.